The molecule has 0 amide bonds. The lowest BCUT2D eigenvalue weighted by Gasteiger charge is -2.50. The molecule has 2 fully saturated rings. The van der Waals surface area contributed by atoms with Gasteiger partial charge in [-0.15, -0.1) is 0 Å². The topological polar surface area (TPSA) is 31.4 Å². The lowest BCUT2D eigenvalue weighted by Crippen LogP contribution is -2.52. The van der Waals surface area contributed by atoms with Crippen LogP contribution >= 0.6 is 0 Å². The van der Waals surface area contributed by atoms with Crippen molar-refractivity contribution in [1.82, 2.24) is 4.90 Å². The fourth-order valence-corrected chi connectivity index (χ4v) is 3.21. The molecule has 3 atom stereocenters. The van der Waals surface area contributed by atoms with Gasteiger partial charge in [0.1, 0.15) is 0 Å². The Hall–Kier alpha value is -1.06. The second-order valence-corrected chi connectivity index (χ2v) is 5.37. The van der Waals surface area contributed by atoms with Crippen molar-refractivity contribution in [3.05, 3.63) is 11.4 Å². The molecule has 0 bridgehead atoms. The van der Waals surface area contributed by atoms with Gasteiger partial charge in [-0.1, -0.05) is 6.92 Å². The first-order chi connectivity index (χ1) is 7.05. The molecule has 80 valence electrons. The van der Waals surface area contributed by atoms with Crippen molar-refractivity contribution >= 4 is 0 Å². The molecular weight excluding hydrogens is 186 g/mol. The van der Waals surface area contributed by atoms with Crippen LogP contribution in [0.1, 0.15) is 32.6 Å². The maximum Gasteiger partial charge on any atom is 0.317 e. The molecule has 1 saturated carbocycles. The summed E-state index contributed by atoms with van der Waals surface area (Å²) >= 11 is 0. The molecule has 1 aliphatic heterocycles. The molecule has 2 rings (SSSR count). The zero-order valence-corrected chi connectivity index (χ0v) is 9.45. The molecular formula is C12H17N3. The first-order valence-corrected chi connectivity index (χ1v) is 5.55. The fraction of sp³-hybridized carbons (Fsp3) is 0.833. The SMILES string of the molecule is [C-]#[N+]C1(C#N)CCN(C)C2CCC2(C)C1. The van der Waals surface area contributed by atoms with Gasteiger partial charge in [0.15, 0.2) is 6.07 Å². The minimum atomic E-state index is -0.752. The van der Waals surface area contributed by atoms with E-state index in [1.165, 1.54) is 12.8 Å². The minimum Gasteiger partial charge on any atom is -0.303 e. The molecule has 1 heterocycles. The number of rotatable bonds is 0. The second-order valence-electron chi connectivity index (χ2n) is 5.37. The molecule has 3 nitrogen and oxygen atoms in total. The van der Waals surface area contributed by atoms with E-state index in [9.17, 15) is 5.26 Å². The molecule has 3 heteroatoms. The molecule has 0 radical (unpaired) electrons. The predicted molar refractivity (Wildman–Crippen MR) is 57.9 cm³/mol. The summed E-state index contributed by atoms with van der Waals surface area (Å²) in [5, 5.41) is 9.21. The van der Waals surface area contributed by atoms with Gasteiger partial charge in [-0.25, -0.2) is 6.57 Å². The van der Waals surface area contributed by atoms with E-state index in [4.69, 9.17) is 6.57 Å². The van der Waals surface area contributed by atoms with E-state index in [1.54, 1.807) is 0 Å². The van der Waals surface area contributed by atoms with Crippen molar-refractivity contribution < 1.29 is 0 Å². The van der Waals surface area contributed by atoms with Crippen molar-refractivity contribution in [2.24, 2.45) is 5.41 Å². The van der Waals surface area contributed by atoms with E-state index in [1.807, 2.05) is 0 Å². The van der Waals surface area contributed by atoms with Crippen LogP contribution in [-0.2, 0) is 0 Å². The lowest BCUT2D eigenvalue weighted by molar-refractivity contribution is 0.00698. The van der Waals surface area contributed by atoms with Gasteiger partial charge in [0.25, 0.3) is 0 Å². The average molecular weight is 203 g/mol. The van der Waals surface area contributed by atoms with Crippen LogP contribution in [0.2, 0.25) is 0 Å². The Balaban J connectivity index is 2.29. The molecule has 0 aromatic heterocycles. The smallest absolute Gasteiger partial charge is 0.303 e. The van der Waals surface area contributed by atoms with Gasteiger partial charge in [-0.3, -0.25) is 4.85 Å². The van der Waals surface area contributed by atoms with Gasteiger partial charge in [0.05, 0.1) is 6.42 Å². The summed E-state index contributed by atoms with van der Waals surface area (Å²) in [5.74, 6) is 0. The van der Waals surface area contributed by atoms with E-state index in [2.05, 4.69) is 29.8 Å². The maximum absolute atomic E-state index is 9.21. The summed E-state index contributed by atoms with van der Waals surface area (Å²) in [6.07, 6.45) is 3.86. The Kier molecular flexibility index (Phi) is 2.24. The largest absolute Gasteiger partial charge is 0.317 e. The van der Waals surface area contributed by atoms with Crippen LogP contribution in [0.4, 0.5) is 0 Å². The predicted octanol–water partition coefficient (Wildman–Crippen LogP) is 2.06. The number of hydrogen-bond acceptors (Lipinski definition) is 2. The van der Waals surface area contributed by atoms with Crippen LogP contribution < -0.4 is 0 Å². The van der Waals surface area contributed by atoms with Gasteiger partial charge in [-0.05, 0) is 25.3 Å². The molecule has 0 aromatic carbocycles. The summed E-state index contributed by atoms with van der Waals surface area (Å²) in [7, 11) is 2.12. The van der Waals surface area contributed by atoms with Crippen molar-refractivity contribution in [2.75, 3.05) is 13.6 Å². The molecule has 1 saturated heterocycles. The Bertz CT molecular complexity index is 335. The van der Waals surface area contributed by atoms with E-state index >= 15 is 0 Å². The normalized spacial score (nSPS) is 45.5. The number of nitriles is 1. The fourth-order valence-electron chi connectivity index (χ4n) is 3.21. The van der Waals surface area contributed by atoms with Gasteiger partial charge >= 0.3 is 5.54 Å². The molecule has 1 aliphatic carbocycles. The number of hydrogen-bond donors (Lipinski definition) is 0. The zero-order chi connectivity index (χ0) is 11.1. The number of nitrogens with zero attached hydrogens (tertiary/aromatic N) is 3. The van der Waals surface area contributed by atoms with E-state index in [0.717, 1.165) is 13.0 Å². The summed E-state index contributed by atoms with van der Waals surface area (Å²) in [6.45, 7) is 10.4. The minimum absolute atomic E-state index is 0.200. The van der Waals surface area contributed by atoms with Gasteiger partial charge in [0.2, 0.25) is 0 Å². The third kappa shape index (κ3) is 1.43. The first kappa shape index (κ1) is 10.5. The first-order valence-electron chi connectivity index (χ1n) is 5.55. The van der Waals surface area contributed by atoms with Crippen LogP contribution in [0, 0.1) is 23.3 Å². The van der Waals surface area contributed by atoms with Crippen LogP contribution in [0.15, 0.2) is 0 Å². The van der Waals surface area contributed by atoms with Gasteiger partial charge < -0.3 is 4.90 Å². The molecule has 0 N–H and O–H groups in total. The quantitative estimate of drug-likeness (QED) is 0.564. The Morgan fingerprint density at radius 1 is 1.53 bits per heavy atom. The van der Waals surface area contributed by atoms with Gasteiger partial charge in [0, 0.05) is 19.0 Å². The van der Waals surface area contributed by atoms with Crippen molar-refractivity contribution in [3.63, 3.8) is 0 Å². The highest BCUT2D eigenvalue weighted by Gasteiger charge is 2.55. The number of fused-ring (bicyclic) bond motifs is 1. The summed E-state index contributed by atoms with van der Waals surface area (Å²) in [5.41, 5.74) is -0.552. The van der Waals surface area contributed by atoms with Crippen molar-refractivity contribution in [1.29, 1.82) is 5.26 Å². The van der Waals surface area contributed by atoms with Crippen molar-refractivity contribution in [3.8, 4) is 6.07 Å². The van der Waals surface area contributed by atoms with Crippen molar-refractivity contribution in [2.45, 2.75) is 44.2 Å². The Labute approximate surface area is 91.5 Å². The van der Waals surface area contributed by atoms with Crippen LogP contribution in [0.25, 0.3) is 4.85 Å². The van der Waals surface area contributed by atoms with E-state index in [-0.39, 0.29) is 5.41 Å². The molecule has 0 spiro atoms. The Morgan fingerprint density at radius 3 is 2.73 bits per heavy atom. The van der Waals surface area contributed by atoms with E-state index in [0.29, 0.717) is 12.5 Å². The van der Waals surface area contributed by atoms with Gasteiger partial charge in [-0.2, -0.15) is 5.26 Å². The summed E-state index contributed by atoms with van der Waals surface area (Å²) < 4.78 is 0. The van der Waals surface area contributed by atoms with Crippen LogP contribution in [-0.4, -0.2) is 30.1 Å². The highest BCUT2D eigenvalue weighted by atomic mass is 15.2. The number of likely N-dealkylation sites (tertiary alicyclic amines) is 1. The monoisotopic (exact) mass is 203 g/mol. The molecule has 15 heavy (non-hydrogen) atoms. The second kappa shape index (κ2) is 3.22. The highest BCUT2D eigenvalue weighted by molar-refractivity contribution is 5.21. The summed E-state index contributed by atoms with van der Waals surface area (Å²) in [6, 6.07) is 2.85. The standard InChI is InChI=1S/C12H17N3/c1-11-5-4-10(11)15(3)7-6-12(8-11,9-13)14-2/h10H,4-8H2,1,3H3. The maximum atomic E-state index is 9.21. The third-order valence-corrected chi connectivity index (χ3v) is 4.32. The van der Waals surface area contributed by atoms with Crippen LogP contribution in [0.3, 0.4) is 0 Å². The van der Waals surface area contributed by atoms with E-state index < -0.39 is 5.54 Å². The molecule has 2 aliphatic rings. The molecule has 0 aromatic rings. The molecule has 3 unspecified atom stereocenters. The third-order valence-electron chi connectivity index (χ3n) is 4.32. The summed E-state index contributed by atoms with van der Waals surface area (Å²) in [4.78, 5) is 5.96. The lowest BCUT2D eigenvalue weighted by atomic mass is 9.61. The Morgan fingerprint density at radius 2 is 2.27 bits per heavy atom. The average Bonchev–Trinajstić information content (AvgIpc) is 2.28. The zero-order valence-electron chi connectivity index (χ0n) is 9.45. The highest BCUT2D eigenvalue weighted by Crippen LogP contribution is 2.52. The van der Waals surface area contributed by atoms with Crippen LogP contribution in [0.5, 0.6) is 0 Å².